The molecule has 0 radical (unpaired) electrons. The summed E-state index contributed by atoms with van der Waals surface area (Å²) in [5, 5.41) is 0. The van der Waals surface area contributed by atoms with Crippen molar-refractivity contribution in [1.29, 1.82) is 0 Å². The number of H-pyrrole nitrogens is 1. The maximum atomic E-state index is 5.43. The van der Waals surface area contributed by atoms with E-state index in [9.17, 15) is 0 Å². The highest BCUT2D eigenvalue weighted by Crippen LogP contribution is 2.37. The van der Waals surface area contributed by atoms with Crippen LogP contribution in [0.3, 0.4) is 0 Å². The number of aromatic amines is 1. The maximum Gasteiger partial charge on any atom is 0.215 e. The molecule has 18 heavy (non-hydrogen) atoms. The molecule has 1 unspecified atom stereocenters. The Kier molecular flexibility index (Phi) is 2.86. The molecule has 0 saturated heterocycles. The number of hydrogen-bond donors (Lipinski definition) is 1. The molecule has 2 aromatic heterocycles. The lowest BCUT2D eigenvalue weighted by atomic mass is 9.80. The monoisotopic (exact) mass is 263 g/mol. The Hall–Kier alpha value is -1.36. The Morgan fingerprint density at radius 2 is 2.28 bits per heavy atom. The number of imidazole rings is 1. The first-order valence-corrected chi connectivity index (χ1v) is 6.77. The van der Waals surface area contributed by atoms with Gasteiger partial charge in [-0.3, -0.25) is 4.57 Å². The largest absolute Gasteiger partial charge is 0.481 e. The van der Waals surface area contributed by atoms with Gasteiger partial charge >= 0.3 is 0 Å². The van der Waals surface area contributed by atoms with Crippen molar-refractivity contribution in [2.75, 3.05) is 7.11 Å². The van der Waals surface area contributed by atoms with Crippen molar-refractivity contribution >= 4 is 23.4 Å². The van der Waals surface area contributed by atoms with Crippen LogP contribution in [-0.4, -0.2) is 21.6 Å². The molecule has 96 valence electrons. The molecular formula is C13H17N3OS. The van der Waals surface area contributed by atoms with Gasteiger partial charge in [-0.05, 0) is 44.0 Å². The summed E-state index contributed by atoms with van der Waals surface area (Å²) in [6, 6.07) is 4.23. The van der Waals surface area contributed by atoms with E-state index in [-0.39, 0.29) is 0 Å². The van der Waals surface area contributed by atoms with Gasteiger partial charge in [-0.2, -0.15) is 4.98 Å². The Morgan fingerprint density at radius 1 is 1.50 bits per heavy atom. The number of pyridine rings is 1. The quantitative estimate of drug-likeness (QED) is 0.862. The number of rotatable bonds is 3. The normalized spacial score (nSPS) is 17.7. The fourth-order valence-electron chi connectivity index (χ4n) is 2.61. The number of hydrogen-bond acceptors (Lipinski definition) is 3. The van der Waals surface area contributed by atoms with E-state index in [2.05, 4.69) is 21.5 Å². The van der Waals surface area contributed by atoms with E-state index >= 15 is 0 Å². The van der Waals surface area contributed by atoms with Crippen molar-refractivity contribution in [2.24, 2.45) is 5.92 Å². The van der Waals surface area contributed by atoms with E-state index < -0.39 is 0 Å². The fraction of sp³-hybridized carbons (Fsp3) is 0.538. The van der Waals surface area contributed by atoms with E-state index in [1.54, 1.807) is 7.11 Å². The lowest BCUT2D eigenvalue weighted by Crippen LogP contribution is -2.23. The van der Waals surface area contributed by atoms with E-state index in [0.29, 0.717) is 11.9 Å². The second-order valence-corrected chi connectivity index (χ2v) is 5.34. The van der Waals surface area contributed by atoms with E-state index in [1.807, 2.05) is 12.1 Å². The molecule has 1 aliphatic carbocycles. The van der Waals surface area contributed by atoms with Gasteiger partial charge < -0.3 is 9.72 Å². The number of aromatic nitrogens is 3. The first kappa shape index (κ1) is 11.7. The zero-order valence-electron chi connectivity index (χ0n) is 10.6. The summed E-state index contributed by atoms with van der Waals surface area (Å²) < 4.78 is 8.09. The Balaban J connectivity index is 2.13. The molecule has 0 bridgehead atoms. The second kappa shape index (κ2) is 4.39. The van der Waals surface area contributed by atoms with Crippen LogP contribution in [0.2, 0.25) is 0 Å². The van der Waals surface area contributed by atoms with Crippen LogP contribution in [0.15, 0.2) is 12.1 Å². The number of nitrogens with one attached hydrogen (secondary N) is 1. The average Bonchev–Trinajstić information content (AvgIpc) is 2.61. The van der Waals surface area contributed by atoms with E-state index in [4.69, 9.17) is 17.0 Å². The number of methoxy groups -OCH3 is 1. The van der Waals surface area contributed by atoms with Crippen LogP contribution in [0, 0.1) is 10.7 Å². The molecule has 1 saturated carbocycles. The van der Waals surface area contributed by atoms with Crippen LogP contribution < -0.4 is 4.74 Å². The third-order valence-electron chi connectivity index (χ3n) is 3.99. The average molecular weight is 263 g/mol. The molecule has 0 aliphatic heterocycles. The standard InChI is InChI=1S/C13H17N3OS/c1-8(9-4-3-5-9)16-12-10(14-13(16)18)6-7-11(15-12)17-2/h6-9H,3-5H2,1-2H3,(H,14,18). The summed E-state index contributed by atoms with van der Waals surface area (Å²) in [6.07, 6.45) is 3.92. The summed E-state index contributed by atoms with van der Waals surface area (Å²) in [7, 11) is 1.63. The van der Waals surface area contributed by atoms with Gasteiger partial charge in [-0.15, -0.1) is 0 Å². The summed E-state index contributed by atoms with van der Waals surface area (Å²) in [6.45, 7) is 2.23. The van der Waals surface area contributed by atoms with Crippen molar-refractivity contribution in [2.45, 2.75) is 32.2 Å². The van der Waals surface area contributed by atoms with Crippen molar-refractivity contribution in [3.05, 3.63) is 16.9 Å². The van der Waals surface area contributed by atoms with Crippen LogP contribution in [0.5, 0.6) is 5.88 Å². The molecule has 0 amide bonds. The molecule has 1 fully saturated rings. The van der Waals surface area contributed by atoms with Gasteiger partial charge in [-0.25, -0.2) is 0 Å². The molecule has 1 atom stereocenters. The van der Waals surface area contributed by atoms with Crippen LogP contribution in [0.25, 0.3) is 11.2 Å². The predicted octanol–water partition coefficient (Wildman–Crippen LogP) is 3.46. The topological polar surface area (TPSA) is 42.8 Å². The molecule has 1 N–H and O–H groups in total. The molecule has 3 rings (SSSR count). The minimum Gasteiger partial charge on any atom is -0.481 e. The Bertz CT molecular complexity index is 627. The summed E-state index contributed by atoms with van der Waals surface area (Å²) in [5.41, 5.74) is 1.88. The summed E-state index contributed by atoms with van der Waals surface area (Å²) in [4.78, 5) is 7.74. The van der Waals surface area contributed by atoms with Gasteiger partial charge in [0.15, 0.2) is 10.4 Å². The van der Waals surface area contributed by atoms with Crippen LogP contribution in [0.4, 0.5) is 0 Å². The molecular weight excluding hydrogens is 246 g/mol. The van der Waals surface area contributed by atoms with Crippen molar-refractivity contribution < 1.29 is 4.74 Å². The molecule has 0 spiro atoms. The third-order valence-corrected chi connectivity index (χ3v) is 4.29. The molecule has 4 nitrogen and oxygen atoms in total. The smallest absolute Gasteiger partial charge is 0.215 e. The zero-order valence-corrected chi connectivity index (χ0v) is 11.5. The minimum absolute atomic E-state index is 0.402. The summed E-state index contributed by atoms with van der Waals surface area (Å²) >= 11 is 5.43. The molecule has 2 heterocycles. The highest BCUT2D eigenvalue weighted by Gasteiger charge is 2.27. The van der Waals surface area contributed by atoms with Gasteiger partial charge in [0.2, 0.25) is 5.88 Å². The molecule has 0 aromatic carbocycles. The van der Waals surface area contributed by atoms with Crippen LogP contribution >= 0.6 is 12.2 Å². The lowest BCUT2D eigenvalue weighted by molar-refractivity contribution is 0.224. The highest BCUT2D eigenvalue weighted by atomic mass is 32.1. The van der Waals surface area contributed by atoms with Gasteiger partial charge in [0.1, 0.15) is 0 Å². The predicted molar refractivity (Wildman–Crippen MR) is 73.5 cm³/mol. The molecule has 5 heteroatoms. The molecule has 2 aromatic rings. The van der Waals surface area contributed by atoms with Crippen LogP contribution in [-0.2, 0) is 0 Å². The van der Waals surface area contributed by atoms with E-state index in [0.717, 1.165) is 21.9 Å². The van der Waals surface area contributed by atoms with Crippen LogP contribution in [0.1, 0.15) is 32.2 Å². The maximum absolute atomic E-state index is 5.43. The highest BCUT2D eigenvalue weighted by molar-refractivity contribution is 7.71. The van der Waals surface area contributed by atoms with Gasteiger partial charge in [0.05, 0.1) is 12.6 Å². The Labute approximate surface area is 111 Å². The first-order valence-electron chi connectivity index (χ1n) is 6.36. The number of nitrogens with zero attached hydrogens (tertiary/aromatic N) is 2. The lowest BCUT2D eigenvalue weighted by Gasteiger charge is -2.32. The SMILES string of the molecule is COc1ccc2[nH]c(=S)n(C(C)C3CCC3)c2n1. The summed E-state index contributed by atoms with van der Waals surface area (Å²) in [5.74, 6) is 1.36. The minimum atomic E-state index is 0.402. The van der Waals surface area contributed by atoms with Crippen molar-refractivity contribution in [3.63, 3.8) is 0 Å². The Morgan fingerprint density at radius 3 is 2.89 bits per heavy atom. The first-order chi connectivity index (χ1) is 8.70. The van der Waals surface area contributed by atoms with E-state index in [1.165, 1.54) is 19.3 Å². The van der Waals surface area contributed by atoms with Crippen molar-refractivity contribution in [1.82, 2.24) is 14.5 Å². The third kappa shape index (κ3) is 1.73. The van der Waals surface area contributed by atoms with Gasteiger partial charge in [0, 0.05) is 12.1 Å². The van der Waals surface area contributed by atoms with Gasteiger partial charge in [-0.1, -0.05) is 6.42 Å². The molecule has 1 aliphatic rings. The zero-order chi connectivity index (χ0) is 12.7. The van der Waals surface area contributed by atoms with Gasteiger partial charge in [0.25, 0.3) is 0 Å². The number of ether oxygens (including phenoxy) is 1. The fourth-order valence-corrected chi connectivity index (χ4v) is 2.97. The van der Waals surface area contributed by atoms with Crippen molar-refractivity contribution in [3.8, 4) is 5.88 Å². The second-order valence-electron chi connectivity index (χ2n) is 4.96. The number of fused-ring (bicyclic) bond motifs is 1.